The van der Waals surface area contributed by atoms with Gasteiger partial charge in [0.15, 0.2) is 0 Å². The van der Waals surface area contributed by atoms with Crippen molar-refractivity contribution in [3.05, 3.63) is 23.8 Å². The third-order valence-electron chi connectivity index (χ3n) is 2.79. The van der Waals surface area contributed by atoms with E-state index in [9.17, 15) is 9.59 Å². The van der Waals surface area contributed by atoms with Crippen LogP contribution in [-0.2, 0) is 16.0 Å². The van der Waals surface area contributed by atoms with Crippen LogP contribution in [0.2, 0.25) is 0 Å². The maximum atomic E-state index is 11.4. The number of carbonyl (C=O) groups excluding carboxylic acids is 1. The minimum atomic E-state index is -0.891. The van der Waals surface area contributed by atoms with E-state index in [-0.39, 0.29) is 18.9 Å². The first-order chi connectivity index (χ1) is 8.65. The molecule has 0 aromatic heterocycles. The van der Waals surface area contributed by atoms with Crippen LogP contribution in [0.15, 0.2) is 18.2 Å². The third-order valence-corrected chi connectivity index (χ3v) is 2.79. The summed E-state index contributed by atoms with van der Waals surface area (Å²) in [6, 6.07) is 5.47. The Morgan fingerprint density at radius 2 is 2.22 bits per heavy atom. The van der Waals surface area contributed by atoms with E-state index in [2.05, 4.69) is 5.32 Å². The minimum Gasteiger partial charge on any atom is -0.493 e. The van der Waals surface area contributed by atoms with Crippen LogP contribution in [0.3, 0.4) is 0 Å². The first-order valence-corrected chi connectivity index (χ1v) is 5.92. The van der Waals surface area contributed by atoms with E-state index >= 15 is 0 Å². The largest absolute Gasteiger partial charge is 0.493 e. The standard InChI is InChI=1S/C13H15NO4/c15-12-3-1-2-9-4-5-10(8-11(9)14-12)18-7-6-13(16)17/h4-5,8H,1-3,6-7H2,(H,14,15)(H,16,17). The van der Waals surface area contributed by atoms with Crippen molar-refractivity contribution in [2.45, 2.75) is 25.7 Å². The molecule has 1 aliphatic rings. The summed E-state index contributed by atoms with van der Waals surface area (Å²) in [4.78, 5) is 21.8. The zero-order chi connectivity index (χ0) is 13.0. The van der Waals surface area contributed by atoms with Gasteiger partial charge in [0.1, 0.15) is 5.75 Å². The maximum absolute atomic E-state index is 11.4. The highest BCUT2D eigenvalue weighted by molar-refractivity contribution is 5.92. The molecule has 18 heavy (non-hydrogen) atoms. The summed E-state index contributed by atoms with van der Waals surface area (Å²) in [7, 11) is 0. The molecule has 5 nitrogen and oxygen atoms in total. The number of ether oxygens (including phenoxy) is 1. The first kappa shape index (κ1) is 12.4. The second-order valence-electron chi connectivity index (χ2n) is 4.21. The second kappa shape index (κ2) is 5.53. The molecule has 0 atom stereocenters. The van der Waals surface area contributed by atoms with Gasteiger partial charge in [-0.1, -0.05) is 6.07 Å². The van der Waals surface area contributed by atoms with Gasteiger partial charge in [-0.05, 0) is 24.5 Å². The molecule has 2 rings (SSSR count). The number of fused-ring (bicyclic) bond motifs is 1. The Hall–Kier alpha value is -2.04. The SMILES string of the molecule is O=C(O)CCOc1ccc2c(c1)NC(=O)CCC2. The lowest BCUT2D eigenvalue weighted by Crippen LogP contribution is -2.09. The predicted molar refractivity (Wildman–Crippen MR) is 65.8 cm³/mol. The van der Waals surface area contributed by atoms with E-state index in [4.69, 9.17) is 9.84 Å². The van der Waals surface area contributed by atoms with E-state index in [1.54, 1.807) is 12.1 Å². The Morgan fingerprint density at radius 3 is 3.00 bits per heavy atom. The molecule has 1 aromatic carbocycles. The van der Waals surface area contributed by atoms with Gasteiger partial charge in [0.2, 0.25) is 5.91 Å². The smallest absolute Gasteiger partial charge is 0.306 e. The fraction of sp³-hybridized carbons (Fsp3) is 0.385. The number of carboxylic acid groups (broad SMARTS) is 1. The predicted octanol–water partition coefficient (Wildman–Crippen LogP) is 1.81. The molecule has 0 saturated carbocycles. The average molecular weight is 249 g/mol. The highest BCUT2D eigenvalue weighted by Crippen LogP contribution is 2.26. The van der Waals surface area contributed by atoms with E-state index in [0.29, 0.717) is 12.2 Å². The normalized spacial score (nSPS) is 14.3. The monoisotopic (exact) mass is 249 g/mol. The first-order valence-electron chi connectivity index (χ1n) is 5.92. The number of hydrogen-bond donors (Lipinski definition) is 2. The molecule has 0 bridgehead atoms. The summed E-state index contributed by atoms with van der Waals surface area (Å²) < 4.78 is 5.33. The van der Waals surface area contributed by atoms with Crippen LogP contribution in [0.5, 0.6) is 5.75 Å². The molecule has 0 aliphatic carbocycles. The van der Waals surface area contributed by atoms with Crippen LogP contribution < -0.4 is 10.1 Å². The highest BCUT2D eigenvalue weighted by atomic mass is 16.5. The van der Waals surface area contributed by atoms with Crippen molar-refractivity contribution in [3.63, 3.8) is 0 Å². The zero-order valence-corrected chi connectivity index (χ0v) is 9.94. The molecule has 1 aromatic rings. The van der Waals surface area contributed by atoms with E-state index in [1.165, 1.54) is 0 Å². The number of aryl methyl sites for hydroxylation is 1. The Bertz CT molecular complexity index is 470. The molecule has 1 heterocycles. The van der Waals surface area contributed by atoms with Crippen molar-refractivity contribution < 1.29 is 19.4 Å². The van der Waals surface area contributed by atoms with Crippen molar-refractivity contribution in [1.29, 1.82) is 0 Å². The molecule has 0 radical (unpaired) electrons. The van der Waals surface area contributed by atoms with Gasteiger partial charge in [-0.15, -0.1) is 0 Å². The molecule has 5 heteroatoms. The fourth-order valence-electron chi connectivity index (χ4n) is 1.89. The van der Waals surface area contributed by atoms with Gasteiger partial charge in [-0.2, -0.15) is 0 Å². The number of amides is 1. The van der Waals surface area contributed by atoms with Gasteiger partial charge in [-0.3, -0.25) is 9.59 Å². The molecule has 0 unspecified atom stereocenters. The van der Waals surface area contributed by atoms with Gasteiger partial charge < -0.3 is 15.2 Å². The summed E-state index contributed by atoms with van der Waals surface area (Å²) in [5, 5.41) is 11.3. The molecule has 0 saturated heterocycles. The Labute approximate surface area is 105 Å². The van der Waals surface area contributed by atoms with Gasteiger partial charge >= 0.3 is 5.97 Å². The van der Waals surface area contributed by atoms with Gasteiger partial charge in [0.25, 0.3) is 0 Å². The van der Waals surface area contributed by atoms with E-state index in [1.807, 2.05) is 6.07 Å². The van der Waals surface area contributed by atoms with Crippen LogP contribution in [0.4, 0.5) is 5.69 Å². The molecule has 0 spiro atoms. The quantitative estimate of drug-likeness (QED) is 0.853. The van der Waals surface area contributed by atoms with E-state index in [0.717, 1.165) is 24.1 Å². The van der Waals surface area contributed by atoms with Crippen LogP contribution in [0, 0.1) is 0 Å². The minimum absolute atomic E-state index is 0.0106. The summed E-state index contributed by atoms with van der Waals surface area (Å²) in [5.74, 6) is -0.299. The Balaban J connectivity index is 2.06. The van der Waals surface area contributed by atoms with Crippen molar-refractivity contribution in [3.8, 4) is 5.75 Å². The second-order valence-corrected chi connectivity index (χ2v) is 4.21. The van der Waals surface area contributed by atoms with Crippen LogP contribution in [0.25, 0.3) is 0 Å². The molecular formula is C13H15NO4. The summed E-state index contributed by atoms with van der Waals surface area (Å²) in [6.45, 7) is 0.127. The van der Waals surface area contributed by atoms with Crippen molar-refractivity contribution in [2.75, 3.05) is 11.9 Å². The molecular weight excluding hydrogens is 234 g/mol. The highest BCUT2D eigenvalue weighted by Gasteiger charge is 2.13. The number of carbonyl (C=O) groups is 2. The average Bonchev–Trinajstić information content (AvgIpc) is 2.48. The molecule has 1 aliphatic heterocycles. The Kier molecular flexibility index (Phi) is 3.82. The van der Waals surface area contributed by atoms with Crippen molar-refractivity contribution >= 4 is 17.6 Å². The van der Waals surface area contributed by atoms with Gasteiger partial charge in [0, 0.05) is 18.2 Å². The van der Waals surface area contributed by atoms with Crippen LogP contribution in [0.1, 0.15) is 24.8 Å². The van der Waals surface area contributed by atoms with Gasteiger partial charge in [-0.25, -0.2) is 0 Å². The zero-order valence-electron chi connectivity index (χ0n) is 9.94. The topological polar surface area (TPSA) is 75.6 Å². The lowest BCUT2D eigenvalue weighted by Gasteiger charge is -2.10. The molecule has 0 fully saturated rings. The lowest BCUT2D eigenvalue weighted by molar-refractivity contribution is -0.137. The summed E-state index contributed by atoms with van der Waals surface area (Å²) in [6.07, 6.45) is 2.20. The number of carboxylic acids is 1. The van der Waals surface area contributed by atoms with Crippen molar-refractivity contribution in [1.82, 2.24) is 0 Å². The number of nitrogens with one attached hydrogen (secondary N) is 1. The Morgan fingerprint density at radius 1 is 1.39 bits per heavy atom. The number of rotatable bonds is 4. The molecule has 96 valence electrons. The lowest BCUT2D eigenvalue weighted by atomic mass is 10.1. The van der Waals surface area contributed by atoms with Gasteiger partial charge in [0.05, 0.1) is 13.0 Å². The summed E-state index contributed by atoms with van der Waals surface area (Å²) >= 11 is 0. The number of anilines is 1. The number of hydrogen-bond acceptors (Lipinski definition) is 3. The molecule has 1 amide bonds. The maximum Gasteiger partial charge on any atom is 0.306 e. The summed E-state index contributed by atoms with van der Waals surface area (Å²) in [5.41, 5.74) is 1.86. The van der Waals surface area contributed by atoms with E-state index < -0.39 is 5.97 Å². The number of benzene rings is 1. The third kappa shape index (κ3) is 3.23. The number of aliphatic carboxylic acids is 1. The van der Waals surface area contributed by atoms with Crippen molar-refractivity contribution in [2.24, 2.45) is 0 Å². The fourth-order valence-corrected chi connectivity index (χ4v) is 1.89. The van der Waals surface area contributed by atoms with Crippen LogP contribution >= 0.6 is 0 Å². The van der Waals surface area contributed by atoms with Crippen LogP contribution in [-0.4, -0.2) is 23.6 Å². The molecule has 2 N–H and O–H groups in total.